The Kier molecular flexibility index (Phi) is 8.08. The molecular formula is C19H24BrN5O. The van der Waals surface area contributed by atoms with Crippen LogP contribution in [0.4, 0.5) is 5.69 Å². The Morgan fingerprint density at radius 3 is 2.69 bits per heavy atom. The summed E-state index contributed by atoms with van der Waals surface area (Å²) < 4.78 is 0.996. The highest BCUT2D eigenvalue weighted by atomic mass is 79.9. The molecule has 0 spiro atoms. The van der Waals surface area contributed by atoms with Gasteiger partial charge >= 0.3 is 0 Å². The number of halogens is 1. The van der Waals surface area contributed by atoms with Crippen LogP contribution in [-0.2, 0) is 11.2 Å². The van der Waals surface area contributed by atoms with E-state index in [0.717, 1.165) is 34.4 Å². The fraction of sp³-hybridized carbons (Fsp3) is 0.316. The van der Waals surface area contributed by atoms with E-state index in [0.29, 0.717) is 18.9 Å². The number of aryl methyl sites for hydroxylation is 1. The summed E-state index contributed by atoms with van der Waals surface area (Å²) in [7, 11) is 1.71. The van der Waals surface area contributed by atoms with Crippen LogP contribution < -0.4 is 16.0 Å². The van der Waals surface area contributed by atoms with E-state index in [1.54, 1.807) is 13.2 Å². The zero-order chi connectivity index (χ0) is 18.8. The van der Waals surface area contributed by atoms with Crippen LogP contribution in [0.15, 0.2) is 52.1 Å². The summed E-state index contributed by atoms with van der Waals surface area (Å²) in [5.74, 6) is 0.639. The van der Waals surface area contributed by atoms with Crippen LogP contribution in [0.1, 0.15) is 17.7 Å². The first-order chi connectivity index (χ1) is 12.6. The summed E-state index contributed by atoms with van der Waals surface area (Å²) in [6, 6.07) is 11.6. The first-order valence-corrected chi connectivity index (χ1v) is 9.28. The number of carbonyl (C=O) groups is 1. The van der Waals surface area contributed by atoms with E-state index >= 15 is 0 Å². The van der Waals surface area contributed by atoms with Gasteiger partial charge in [0.1, 0.15) is 0 Å². The van der Waals surface area contributed by atoms with E-state index in [-0.39, 0.29) is 5.91 Å². The van der Waals surface area contributed by atoms with Crippen molar-refractivity contribution in [2.45, 2.75) is 19.8 Å². The molecule has 0 aliphatic heterocycles. The number of amides is 1. The van der Waals surface area contributed by atoms with E-state index in [1.165, 1.54) is 0 Å². The van der Waals surface area contributed by atoms with Gasteiger partial charge in [-0.15, -0.1) is 0 Å². The van der Waals surface area contributed by atoms with E-state index in [9.17, 15) is 4.79 Å². The van der Waals surface area contributed by atoms with Gasteiger partial charge in [-0.2, -0.15) is 0 Å². The highest BCUT2D eigenvalue weighted by molar-refractivity contribution is 9.10. The lowest BCUT2D eigenvalue weighted by Crippen LogP contribution is -2.39. The molecule has 3 N–H and O–H groups in total. The standard InChI is InChI=1S/C19H24BrN5O/c1-14-13-15(20)6-7-17(14)25-18(26)9-12-24-19(21-2)23-11-8-16-5-3-4-10-22-16/h3-7,10,13H,8-9,11-12H2,1-2H3,(H,25,26)(H2,21,23,24). The number of rotatable bonds is 7. The van der Waals surface area contributed by atoms with Gasteiger partial charge in [0.15, 0.2) is 5.96 Å². The normalized spacial score (nSPS) is 11.1. The topological polar surface area (TPSA) is 78.4 Å². The van der Waals surface area contributed by atoms with Crippen molar-refractivity contribution in [3.63, 3.8) is 0 Å². The van der Waals surface area contributed by atoms with Crippen molar-refractivity contribution < 1.29 is 4.79 Å². The molecule has 0 radical (unpaired) electrons. The van der Waals surface area contributed by atoms with Crippen LogP contribution in [0.25, 0.3) is 0 Å². The second kappa shape index (κ2) is 10.6. The number of aromatic nitrogens is 1. The van der Waals surface area contributed by atoms with Crippen LogP contribution in [0.5, 0.6) is 0 Å². The summed E-state index contributed by atoms with van der Waals surface area (Å²) in [5.41, 5.74) is 2.88. The molecule has 138 valence electrons. The molecule has 7 heteroatoms. The average molecular weight is 418 g/mol. The van der Waals surface area contributed by atoms with Crippen molar-refractivity contribution in [2.75, 3.05) is 25.5 Å². The zero-order valence-corrected chi connectivity index (χ0v) is 16.6. The summed E-state index contributed by atoms with van der Waals surface area (Å²) in [5, 5.41) is 9.29. The Bertz CT molecular complexity index is 749. The molecule has 0 unspecified atom stereocenters. The molecule has 1 aromatic heterocycles. The highest BCUT2D eigenvalue weighted by Crippen LogP contribution is 2.19. The van der Waals surface area contributed by atoms with Crippen molar-refractivity contribution in [3.8, 4) is 0 Å². The number of anilines is 1. The predicted octanol–water partition coefficient (Wildman–Crippen LogP) is 2.89. The Hall–Kier alpha value is -2.41. The van der Waals surface area contributed by atoms with Crippen molar-refractivity contribution in [1.29, 1.82) is 0 Å². The molecule has 26 heavy (non-hydrogen) atoms. The molecule has 0 aliphatic carbocycles. The molecule has 2 rings (SSSR count). The molecular weight excluding hydrogens is 394 g/mol. The molecule has 1 amide bonds. The molecule has 0 bridgehead atoms. The molecule has 6 nitrogen and oxygen atoms in total. The lowest BCUT2D eigenvalue weighted by atomic mass is 10.2. The molecule has 2 aromatic rings. The molecule has 1 aromatic carbocycles. The Labute approximate surface area is 162 Å². The smallest absolute Gasteiger partial charge is 0.226 e. The van der Waals surface area contributed by atoms with Gasteiger partial charge in [0.25, 0.3) is 0 Å². The van der Waals surface area contributed by atoms with Gasteiger partial charge < -0.3 is 16.0 Å². The predicted molar refractivity (Wildman–Crippen MR) is 109 cm³/mol. The van der Waals surface area contributed by atoms with Gasteiger partial charge in [0.05, 0.1) is 0 Å². The van der Waals surface area contributed by atoms with E-state index in [2.05, 4.69) is 41.9 Å². The monoisotopic (exact) mass is 417 g/mol. The van der Waals surface area contributed by atoms with Crippen molar-refractivity contribution in [2.24, 2.45) is 4.99 Å². The fourth-order valence-corrected chi connectivity index (χ4v) is 2.83. The quantitative estimate of drug-likeness (QED) is 0.477. The third kappa shape index (κ3) is 6.84. The third-order valence-corrected chi connectivity index (χ3v) is 4.22. The van der Waals surface area contributed by atoms with Gasteiger partial charge in [-0.1, -0.05) is 22.0 Å². The summed E-state index contributed by atoms with van der Waals surface area (Å²) in [6.07, 6.45) is 2.95. The van der Waals surface area contributed by atoms with Gasteiger partial charge in [0.2, 0.25) is 5.91 Å². The molecule has 0 saturated carbocycles. The molecule has 0 fully saturated rings. The summed E-state index contributed by atoms with van der Waals surface area (Å²) in [4.78, 5) is 20.5. The lowest BCUT2D eigenvalue weighted by Gasteiger charge is -2.12. The number of benzene rings is 1. The van der Waals surface area contributed by atoms with Crippen LogP contribution in [0, 0.1) is 6.92 Å². The van der Waals surface area contributed by atoms with Crippen molar-refractivity contribution in [1.82, 2.24) is 15.6 Å². The second-order valence-corrected chi connectivity index (χ2v) is 6.67. The summed E-state index contributed by atoms with van der Waals surface area (Å²) in [6.45, 7) is 3.19. The molecule has 0 aliphatic rings. The maximum Gasteiger partial charge on any atom is 0.226 e. The van der Waals surface area contributed by atoms with Crippen LogP contribution in [-0.4, -0.2) is 37.0 Å². The van der Waals surface area contributed by atoms with Gasteiger partial charge in [-0.25, -0.2) is 0 Å². The number of aliphatic imine (C=N–C) groups is 1. The maximum atomic E-state index is 12.1. The number of carbonyl (C=O) groups excluding carboxylic acids is 1. The number of pyridine rings is 1. The highest BCUT2D eigenvalue weighted by Gasteiger charge is 2.06. The average Bonchev–Trinajstić information content (AvgIpc) is 2.63. The molecule has 0 atom stereocenters. The minimum Gasteiger partial charge on any atom is -0.356 e. The minimum absolute atomic E-state index is 0.0353. The van der Waals surface area contributed by atoms with Gasteiger partial charge in [-0.3, -0.25) is 14.8 Å². The summed E-state index contributed by atoms with van der Waals surface area (Å²) >= 11 is 3.42. The number of guanidine groups is 1. The largest absolute Gasteiger partial charge is 0.356 e. The van der Waals surface area contributed by atoms with Crippen LogP contribution in [0.3, 0.4) is 0 Å². The zero-order valence-electron chi connectivity index (χ0n) is 15.1. The Morgan fingerprint density at radius 1 is 1.19 bits per heavy atom. The van der Waals surface area contributed by atoms with Crippen molar-refractivity contribution >= 4 is 33.5 Å². The Balaban J connectivity index is 1.68. The Morgan fingerprint density at radius 2 is 2.00 bits per heavy atom. The number of hydrogen-bond acceptors (Lipinski definition) is 3. The maximum absolute atomic E-state index is 12.1. The van der Waals surface area contributed by atoms with E-state index < -0.39 is 0 Å². The first kappa shape index (κ1) is 19.9. The number of nitrogens with zero attached hydrogens (tertiary/aromatic N) is 2. The van der Waals surface area contributed by atoms with E-state index in [1.807, 2.05) is 43.3 Å². The minimum atomic E-state index is -0.0353. The SMILES string of the molecule is CN=C(NCCC(=O)Nc1ccc(Br)cc1C)NCCc1ccccn1. The number of nitrogens with one attached hydrogen (secondary N) is 3. The first-order valence-electron chi connectivity index (χ1n) is 8.49. The second-order valence-electron chi connectivity index (χ2n) is 5.75. The number of hydrogen-bond donors (Lipinski definition) is 3. The lowest BCUT2D eigenvalue weighted by molar-refractivity contribution is -0.116. The van der Waals surface area contributed by atoms with Gasteiger partial charge in [-0.05, 0) is 42.8 Å². The van der Waals surface area contributed by atoms with Crippen LogP contribution in [0.2, 0.25) is 0 Å². The fourth-order valence-electron chi connectivity index (χ4n) is 2.35. The van der Waals surface area contributed by atoms with Crippen molar-refractivity contribution in [3.05, 3.63) is 58.3 Å². The van der Waals surface area contributed by atoms with E-state index in [4.69, 9.17) is 0 Å². The molecule has 0 saturated heterocycles. The molecule has 1 heterocycles. The third-order valence-electron chi connectivity index (χ3n) is 3.73. The van der Waals surface area contributed by atoms with Gasteiger partial charge in [0, 0.05) is 55.0 Å². The van der Waals surface area contributed by atoms with Crippen LogP contribution >= 0.6 is 15.9 Å².